The number of benzene rings is 2. The zero-order chi connectivity index (χ0) is 18.2. The molecular formula is C18H18N2O4S. The molecule has 0 aliphatic heterocycles. The third-order valence-corrected chi connectivity index (χ3v) is 3.63. The van der Waals surface area contributed by atoms with Gasteiger partial charge in [0.05, 0.1) is 19.8 Å². The van der Waals surface area contributed by atoms with E-state index >= 15 is 0 Å². The summed E-state index contributed by atoms with van der Waals surface area (Å²) < 4.78 is 9.73. The van der Waals surface area contributed by atoms with Crippen LogP contribution >= 0.6 is 12.2 Å². The monoisotopic (exact) mass is 358 g/mol. The largest absolute Gasteiger partial charge is 0.497 e. The highest BCUT2D eigenvalue weighted by molar-refractivity contribution is 7.80. The van der Waals surface area contributed by atoms with Crippen LogP contribution in [0.25, 0.3) is 0 Å². The van der Waals surface area contributed by atoms with Crippen molar-refractivity contribution < 1.29 is 19.1 Å². The number of nitrogens with one attached hydrogen (secondary N) is 2. The van der Waals surface area contributed by atoms with E-state index < -0.39 is 11.9 Å². The summed E-state index contributed by atoms with van der Waals surface area (Å²) in [6.07, 6.45) is 0. The molecule has 25 heavy (non-hydrogen) atoms. The average molecular weight is 358 g/mol. The van der Waals surface area contributed by atoms with Gasteiger partial charge < -0.3 is 14.8 Å². The quantitative estimate of drug-likeness (QED) is 0.631. The molecule has 0 fully saturated rings. The molecule has 0 spiro atoms. The molecule has 2 aromatic rings. The van der Waals surface area contributed by atoms with Gasteiger partial charge in [-0.25, -0.2) is 4.79 Å². The Morgan fingerprint density at radius 1 is 1.04 bits per heavy atom. The number of hydrogen-bond donors (Lipinski definition) is 2. The molecular weight excluding hydrogens is 340 g/mol. The summed E-state index contributed by atoms with van der Waals surface area (Å²) in [4.78, 5) is 23.7. The van der Waals surface area contributed by atoms with Crippen molar-refractivity contribution in [1.29, 1.82) is 0 Å². The third-order valence-electron chi connectivity index (χ3n) is 3.39. The minimum atomic E-state index is -0.505. The van der Waals surface area contributed by atoms with Crippen LogP contribution in [0.3, 0.4) is 0 Å². The maximum Gasteiger partial charge on any atom is 0.337 e. The van der Waals surface area contributed by atoms with Crippen molar-refractivity contribution in [2.24, 2.45) is 0 Å². The summed E-state index contributed by atoms with van der Waals surface area (Å²) in [7, 11) is 2.89. The van der Waals surface area contributed by atoms with Gasteiger partial charge in [-0.1, -0.05) is 18.2 Å². The van der Waals surface area contributed by atoms with Gasteiger partial charge in [0.25, 0.3) is 5.91 Å². The maximum absolute atomic E-state index is 12.2. The molecule has 0 aliphatic rings. The van der Waals surface area contributed by atoms with Gasteiger partial charge in [-0.2, -0.15) is 0 Å². The molecule has 2 N–H and O–H groups in total. The number of carbonyl (C=O) groups excluding carboxylic acids is 2. The summed E-state index contributed by atoms with van der Waals surface area (Å²) in [5.74, 6) is -0.141. The fourth-order valence-corrected chi connectivity index (χ4v) is 2.22. The number of methoxy groups -OCH3 is 2. The molecule has 7 heteroatoms. The summed E-state index contributed by atoms with van der Waals surface area (Å²) in [6, 6.07) is 13.7. The Labute approximate surface area is 151 Å². The molecule has 0 aromatic heterocycles. The van der Waals surface area contributed by atoms with E-state index in [1.54, 1.807) is 25.3 Å². The fraction of sp³-hybridized carbons (Fsp3) is 0.167. The Hall–Kier alpha value is -2.93. The van der Waals surface area contributed by atoms with Gasteiger partial charge in [-0.3, -0.25) is 10.1 Å². The molecule has 6 nitrogen and oxygen atoms in total. The van der Waals surface area contributed by atoms with Gasteiger partial charge in [-0.05, 0) is 48.1 Å². The second-order valence-corrected chi connectivity index (χ2v) is 5.47. The zero-order valence-corrected chi connectivity index (χ0v) is 14.7. The van der Waals surface area contributed by atoms with Crippen molar-refractivity contribution in [3.63, 3.8) is 0 Å². The normalized spacial score (nSPS) is 9.84. The zero-order valence-electron chi connectivity index (χ0n) is 13.9. The van der Waals surface area contributed by atoms with E-state index in [0.29, 0.717) is 17.7 Å². The predicted molar refractivity (Wildman–Crippen MR) is 97.7 cm³/mol. The third kappa shape index (κ3) is 5.29. The number of thiocarbonyl (C=S) groups is 1. The first-order chi connectivity index (χ1) is 12.0. The highest BCUT2D eigenvalue weighted by Gasteiger charge is 2.11. The van der Waals surface area contributed by atoms with E-state index in [4.69, 9.17) is 17.0 Å². The molecule has 1 amide bonds. The standard InChI is InChI=1S/C18H18N2O4S/c1-23-15-8-6-12(7-9-15)11-19-18(25)20-16(21)13-4-3-5-14(10-13)17(22)24-2/h3-10H,11H2,1-2H3,(H2,19,20,21,25). The van der Waals surface area contributed by atoms with Crippen LogP contribution in [0.5, 0.6) is 5.75 Å². The van der Waals surface area contributed by atoms with Gasteiger partial charge in [0.2, 0.25) is 0 Å². The average Bonchev–Trinajstić information content (AvgIpc) is 2.66. The number of rotatable bonds is 5. The fourth-order valence-electron chi connectivity index (χ4n) is 2.05. The minimum absolute atomic E-state index is 0.198. The van der Waals surface area contributed by atoms with E-state index in [-0.39, 0.29) is 5.11 Å². The number of hydrogen-bond acceptors (Lipinski definition) is 5. The molecule has 0 aliphatic carbocycles. The summed E-state index contributed by atoms with van der Waals surface area (Å²) in [6.45, 7) is 0.464. The Kier molecular flexibility index (Phi) is 6.47. The van der Waals surface area contributed by atoms with Crippen LogP contribution in [0.1, 0.15) is 26.3 Å². The van der Waals surface area contributed by atoms with Crippen LogP contribution in [-0.2, 0) is 11.3 Å². The van der Waals surface area contributed by atoms with Crippen molar-refractivity contribution in [3.8, 4) is 5.75 Å². The van der Waals surface area contributed by atoms with Crippen molar-refractivity contribution in [1.82, 2.24) is 10.6 Å². The number of amides is 1. The van der Waals surface area contributed by atoms with Gasteiger partial charge in [0, 0.05) is 12.1 Å². The summed E-state index contributed by atoms with van der Waals surface area (Å²) >= 11 is 5.13. The molecule has 0 saturated heterocycles. The lowest BCUT2D eigenvalue weighted by atomic mass is 10.1. The van der Waals surface area contributed by atoms with Crippen LogP contribution in [0.4, 0.5) is 0 Å². The Morgan fingerprint density at radius 3 is 2.36 bits per heavy atom. The summed E-state index contributed by atoms with van der Waals surface area (Å²) in [5.41, 5.74) is 1.61. The Bertz CT molecular complexity index is 775. The first-order valence-electron chi connectivity index (χ1n) is 7.44. The highest BCUT2D eigenvalue weighted by Crippen LogP contribution is 2.11. The molecule has 0 heterocycles. The molecule has 2 aromatic carbocycles. The van der Waals surface area contributed by atoms with Crippen LogP contribution in [0.2, 0.25) is 0 Å². The molecule has 0 radical (unpaired) electrons. The van der Waals surface area contributed by atoms with E-state index in [9.17, 15) is 9.59 Å². The van der Waals surface area contributed by atoms with Crippen LogP contribution in [-0.4, -0.2) is 31.2 Å². The van der Waals surface area contributed by atoms with E-state index in [1.807, 2.05) is 24.3 Å². The molecule has 0 atom stereocenters. The van der Waals surface area contributed by atoms with E-state index in [1.165, 1.54) is 13.2 Å². The van der Waals surface area contributed by atoms with Crippen molar-refractivity contribution in [2.75, 3.05) is 14.2 Å². The van der Waals surface area contributed by atoms with Crippen LogP contribution in [0.15, 0.2) is 48.5 Å². The SMILES string of the molecule is COC(=O)c1cccc(C(=O)NC(=S)NCc2ccc(OC)cc2)c1. The van der Waals surface area contributed by atoms with Gasteiger partial charge in [0.15, 0.2) is 5.11 Å². The lowest BCUT2D eigenvalue weighted by molar-refractivity contribution is 0.0600. The first-order valence-corrected chi connectivity index (χ1v) is 7.85. The van der Waals surface area contributed by atoms with E-state index in [2.05, 4.69) is 15.4 Å². The summed E-state index contributed by atoms with van der Waals surface area (Å²) in [5, 5.41) is 5.73. The lowest BCUT2D eigenvalue weighted by Gasteiger charge is -2.10. The highest BCUT2D eigenvalue weighted by atomic mass is 32.1. The molecule has 2 rings (SSSR count). The minimum Gasteiger partial charge on any atom is -0.497 e. The van der Waals surface area contributed by atoms with Gasteiger partial charge in [-0.15, -0.1) is 0 Å². The van der Waals surface area contributed by atoms with E-state index in [0.717, 1.165) is 11.3 Å². The number of ether oxygens (including phenoxy) is 2. The van der Waals surface area contributed by atoms with Crippen molar-refractivity contribution in [2.45, 2.75) is 6.54 Å². The number of esters is 1. The molecule has 130 valence electrons. The smallest absolute Gasteiger partial charge is 0.337 e. The van der Waals surface area contributed by atoms with Crippen LogP contribution in [0, 0.1) is 0 Å². The first kappa shape index (κ1) is 18.4. The van der Waals surface area contributed by atoms with Crippen molar-refractivity contribution in [3.05, 3.63) is 65.2 Å². The molecule has 0 saturated carbocycles. The second-order valence-electron chi connectivity index (χ2n) is 5.06. The lowest BCUT2D eigenvalue weighted by Crippen LogP contribution is -2.38. The second kappa shape index (κ2) is 8.79. The van der Waals surface area contributed by atoms with Crippen LogP contribution < -0.4 is 15.4 Å². The molecule has 0 unspecified atom stereocenters. The molecule has 0 bridgehead atoms. The van der Waals surface area contributed by atoms with Gasteiger partial charge in [0.1, 0.15) is 5.75 Å². The topological polar surface area (TPSA) is 76.7 Å². The number of carbonyl (C=O) groups is 2. The Balaban J connectivity index is 1.91. The predicted octanol–water partition coefficient (Wildman–Crippen LogP) is 2.29. The Morgan fingerprint density at radius 2 is 1.72 bits per heavy atom. The van der Waals surface area contributed by atoms with Crippen molar-refractivity contribution >= 4 is 29.2 Å². The van der Waals surface area contributed by atoms with Gasteiger partial charge >= 0.3 is 5.97 Å². The maximum atomic E-state index is 12.2.